The summed E-state index contributed by atoms with van der Waals surface area (Å²) >= 11 is 3.05. The second-order valence-electron chi connectivity index (χ2n) is 7.13. The van der Waals surface area contributed by atoms with Gasteiger partial charge in [0, 0.05) is 49.0 Å². The molecule has 0 spiro atoms. The highest BCUT2D eigenvalue weighted by Crippen LogP contribution is 2.22. The number of benzene rings is 2. The molecule has 7 heteroatoms. The molecular weight excluding hydrogens is 400 g/mol. The zero-order valence-electron chi connectivity index (χ0n) is 16.5. The molecule has 0 saturated carbocycles. The van der Waals surface area contributed by atoms with Crippen LogP contribution in [-0.2, 0) is 11.2 Å². The van der Waals surface area contributed by atoms with E-state index in [0.717, 1.165) is 48.5 Å². The minimum atomic E-state index is 0.204. The van der Waals surface area contributed by atoms with E-state index in [9.17, 15) is 4.79 Å². The Balaban J connectivity index is 1.26. The molecule has 1 aromatic heterocycles. The van der Waals surface area contributed by atoms with Crippen LogP contribution in [0.5, 0.6) is 0 Å². The predicted molar refractivity (Wildman–Crippen MR) is 120 cm³/mol. The maximum atomic E-state index is 12.5. The molecule has 29 heavy (non-hydrogen) atoms. The fourth-order valence-electron chi connectivity index (χ4n) is 3.23. The van der Waals surface area contributed by atoms with Gasteiger partial charge >= 0.3 is 0 Å². The van der Waals surface area contributed by atoms with Crippen molar-refractivity contribution in [2.75, 3.05) is 36.8 Å². The molecule has 0 atom stereocenters. The van der Waals surface area contributed by atoms with Crippen LogP contribution in [-0.4, -0.2) is 52.1 Å². The molecule has 2 aromatic carbocycles. The number of hydrogen-bond donors (Lipinski definition) is 0. The predicted octanol–water partition coefficient (Wildman–Crippen LogP) is 3.88. The van der Waals surface area contributed by atoms with E-state index >= 15 is 0 Å². The van der Waals surface area contributed by atoms with E-state index in [-0.39, 0.29) is 5.91 Å². The molecule has 5 nitrogen and oxygen atoms in total. The van der Waals surface area contributed by atoms with Crippen molar-refractivity contribution < 1.29 is 4.79 Å². The van der Waals surface area contributed by atoms with Crippen LogP contribution in [0.2, 0.25) is 0 Å². The average Bonchev–Trinajstić information content (AvgIpc) is 3.23. The third-order valence-electron chi connectivity index (χ3n) is 4.95. The Morgan fingerprint density at radius 2 is 1.76 bits per heavy atom. The van der Waals surface area contributed by atoms with Crippen molar-refractivity contribution in [1.82, 2.24) is 14.3 Å². The van der Waals surface area contributed by atoms with Crippen LogP contribution in [0, 0.1) is 6.92 Å². The summed E-state index contributed by atoms with van der Waals surface area (Å²) in [6.45, 7) is 5.18. The summed E-state index contributed by atoms with van der Waals surface area (Å²) in [5.74, 6) is 1.56. The van der Waals surface area contributed by atoms with Gasteiger partial charge in [0.15, 0.2) is 0 Å². The molecule has 2 heterocycles. The van der Waals surface area contributed by atoms with E-state index in [1.54, 1.807) is 11.8 Å². The molecule has 0 N–H and O–H groups in total. The number of rotatable bonds is 6. The van der Waals surface area contributed by atoms with Gasteiger partial charge < -0.3 is 9.80 Å². The summed E-state index contributed by atoms with van der Waals surface area (Å²) < 4.78 is 4.53. The van der Waals surface area contributed by atoms with Crippen molar-refractivity contribution in [3.63, 3.8) is 0 Å². The first-order valence-corrected chi connectivity index (χ1v) is 11.5. The topological polar surface area (TPSA) is 49.3 Å². The molecule has 1 aliphatic rings. The lowest BCUT2D eigenvalue weighted by molar-refractivity contribution is -0.128. The van der Waals surface area contributed by atoms with Gasteiger partial charge in [-0.2, -0.15) is 4.37 Å². The highest BCUT2D eigenvalue weighted by Gasteiger charge is 2.23. The molecule has 0 bridgehead atoms. The van der Waals surface area contributed by atoms with Gasteiger partial charge in [-0.1, -0.05) is 48.0 Å². The average molecular weight is 425 g/mol. The van der Waals surface area contributed by atoms with Gasteiger partial charge in [0.1, 0.15) is 5.82 Å². The Labute approximate surface area is 179 Å². The lowest BCUT2D eigenvalue weighted by Crippen LogP contribution is -2.49. The summed E-state index contributed by atoms with van der Waals surface area (Å²) in [6, 6.07) is 18.6. The van der Waals surface area contributed by atoms with Gasteiger partial charge in [-0.05, 0) is 24.6 Å². The summed E-state index contributed by atoms with van der Waals surface area (Å²) in [5, 5.41) is 0.956. The van der Waals surface area contributed by atoms with Gasteiger partial charge in [0.05, 0.1) is 5.75 Å². The number of carbonyl (C=O) groups excluding carboxylic acids is 1. The SMILES string of the molecule is Cc1ccc(Cc2nsc(N3CCN(C(=O)CSc4ccccc4)CC3)n2)cc1. The molecule has 1 saturated heterocycles. The monoisotopic (exact) mass is 424 g/mol. The number of amides is 1. The summed E-state index contributed by atoms with van der Waals surface area (Å²) in [4.78, 5) is 22.6. The van der Waals surface area contributed by atoms with Crippen LogP contribution in [0.25, 0.3) is 0 Å². The highest BCUT2D eigenvalue weighted by atomic mass is 32.2. The number of aryl methyl sites for hydroxylation is 1. The van der Waals surface area contributed by atoms with Crippen LogP contribution in [0.1, 0.15) is 17.0 Å². The van der Waals surface area contributed by atoms with Crippen LogP contribution in [0.15, 0.2) is 59.5 Å². The van der Waals surface area contributed by atoms with Gasteiger partial charge in [-0.3, -0.25) is 4.79 Å². The Morgan fingerprint density at radius 3 is 2.48 bits per heavy atom. The number of anilines is 1. The third kappa shape index (κ3) is 5.36. The van der Waals surface area contributed by atoms with Crippen LogP contribution >= 0.6 is 23.3 Å². The van der Waals surface area contributed by atoms with Crippen molar-refractivity contribution in [3.8, 4) is 0 Å². The molecular formula is C22H24N4OS2. The standard InChI is InChI=1S/C22H24N4OS2/c1-17-7-9-18(10-8-17)15-20-23-22(29-24-20)26-13-11-25(12-14-26)21(27)16-28-19-5-3-2-4-6-19/h2-10H,11-16H2,1H3. The van der Waals surface area contributed by atoms with Crippen molar-refractivity contribution >= 4 is 34.3 Å². The Bertz CT molecular complexity index is 935. The molecule has 4 rings (SSSR count). The molecule has 1 fully saturated rings. The zero-order valence-corrected chi connectivity index (χ0v) is 18.1. The Hall–Kier alpha value is -2.38. The van der Waals surface area contributed by atoms with Gasteiger partial charge in [0.25, 0.3) is 0 Å². The lowest BCUT2D eigenvalue weighted by Gasteiger charge is -2.34. The number of thioether (sulfide) groups is 1. The largest absolute Gasteiger partial charge is 0.343 e. The maximum Gasteiger partial charge on any atom is 0.233 e. The first-order valence-electron chi connectivity index (χ1n) is 9.76. The highest BCUT2D eigenvalue weighted by molar-refractivity contribution is 8.00. The molecule has 3 aromatic rings. The first-order chi connectivity index (χ1) is 14.2. The van der Waals surface area contributed by atoms with Crippen molar-refractivity contribution in [2.45, 2.75) is 18.2 Å². The smallest absolute Gasteiger partial charge is 0.233 e. The van der Waals surface area contributed by atoms with E-state index in [1.165, 1.54) is 22.7 Å². The number of hydrogen-bond acceptors (Lipinski definition) is 6. The minimum absolute atomic E-state index is 0.204. The quantitative estimate of drug-likeness (QED) is 0.562. The third-order valence-corrected chi connectivity index (χ3v) is 6.76. The van der Waals surface area contributed by atoms with E-state index in [0.29, 0.717) is 5.75 Å². The Morgan fingerprint density at radius 1 is 1.03 bits per heavy atom. The fourth-order valence-corrected chi connectivity index (χ4v) is 4.79. The number of piperazine rings is 1. The van der Waals surface area contributed by atoms with E-state index in [2.05, 4.69) is 40.5 Å². The Kier molecular flexibility index (Phi) is 6.46. The number of carbonyl (C=O) groups is 1. The zero-order chi connectivity index (χ0) is 20.1. The molecule has 1 amide bonds. The van der Waals surface area contributed by atoms with Crippen molar-refractivity contribution in [3.05, 3.63) is 71.5 Å². The van der Waals surface area contributed by atoms with E-state index < -0.39 is 0 Å². The first kappa shape index (κ1) is 19.9. The van der Waals surface area contributed by atoms with E-state index in [4.69, 9.17) is 4.98 Å². The summed E-state index contributed by atoms with van der Waals surface area (Å²) in [7, 11) is 0. The van der Waals surface area contributed by atoms with Crippen LogP contribution < -0.4 is 4.90 Å². The molecule has 150 valence electrons. The fraction of sp³-hybridized carbons (Fsp3) is 0.318. The second kappa shape index (κ2) is 9.41. The molecule has 0 aliphatic carbocycles. The van der Waals surface area contributed by atoms with Crippen molar-refractivity contribution in [1.29, 1.82) is 0 Å². The van der Waals surface area contributed by atoms with E-state index in [1.807, 2.05) is 35.2 Å². The summed E-state index contributed by atoms with van der Waals surface area (Å²) in [6.07, 6.45) is 0.756. The summed E-state index contributed by atoms with van der Waals surface area (Å²) in [5.41, 5.74) is 2.49. The molecule has 1 aliphatic heterocycles. The maximum absolute atomic E-state index is 12.5. The van der Waals surface area contributed by atoms with Gasteiger partial charge in [-0.25, -0.2) is 4.98 Å². The lowest BCUT2D eigenvalue weighted by atomic mass is 10.1. The molecule has 0 unspecified atom stereocenters. The van der Waals surface area contributed by atoms with Crippen molar-refractivity contribution in [2.24, 2.45) is 0 Å². The number of aromatic nitrogens is 2. The normalized spacial score (nSPS) is 14.2. The van der Waals surface area contributed by atoms with Gasteiger partial charge in [0.2, 0.25) is 11.0 Å². The van der Waals surface area contributed by atoms with Crippen LogP contribution in [0.4, 0.5) is 5.13 Å². The van der Waals surface area contributed by atoms with Crippen LogP contribution in [0.3, 0.4) is 0 Å². The molecule has 0 radical (unpaired) electrons. The number of nitrogens with zero attached hydrogens (tertiary/aromatic N) is 4. The minimum Gasteiger partial charge on any atom is -0.343 e. The van der Waals surface area contributed by atoms with Gasteiger partial charge in [-0.15, -0.1) is 11.8 Å². The second-order valence-corrected chi connectivity index (χ2v) is 8.90.